The zero-order chi connectivity index (χ0) is 20.4. The van der Waals surface area contributed by atoms with Crippen LogP contribution in [0.4, 0.5) is 11.5 Å². The fraction of sp³-hybridized carbons (Fsp3) is 0.583. The first-order valence-electron chi connectivity index (χ1n) is 11.2. The number of aryl methyl sites for hydroxylation is 2. The van der Waals surface area contributed by atoms with Gasteiger partial charge in [0, 0.05) is 68.7 Å². The molecule has 0 N–H and O–H groups in total. The van der Waals surface area contributed by atoms with Crippen molar-refractivity contribution in [2.75, 3.05) is 49.1 Å². The number of nitrogens with zero attached hydrogens (tertiary/aromatic N) is 5. The number of para-hydroxylation sites is 1. The van der Waals surface area contributed by atoms with E-state index in [-0.39, 0.29) is 0 Å². The Morgan fingerprint density at radius 2 is 1.69 bits per heavy atom. The fourth-order valence-electron chi connectivity index (χ4n) is 4.70. The van der Waals surface area contributed by atoms with Gasteiger partial charge in [0.2, 0.25) is 0 Å². The number of hydrogen-bond donors (Lipinski definition) is 0. The zero-order valence-corrected chi connectivity index (χ0v) is 18.4. The molecular formula is C24H35N5. The van der Waals surface area contributed by atoms with Crippen LogP contribution in [0.25, 0.3) is 0 Å². The Hall–Kier alpha value is -2.14. The van der Waals surface area contributed by atoms with Crippen molar-refractivity contribution in [3.05, 3.63) is 47.4 Å². The Kier molecular flexibility index (Phi) is 6.04. The van der Waals surface area contributed by atoms with Crippen LogP contribution in [0.5, 0.6) is 0 Å². The molecule has 2 saturated heterocycles. The topological polar surface area (TPSA) is 35.5 Å². The van der Waals surface area contributed by atoms with Crippen LogP contribution in [0.1, 0.15) is 49.7 Å². The molecular weight excluding hydrogens is 358 g/mol. The van der Waals surface area contributed by atoms with Gasteiger partial charge < -0.3 is 9.80 Å². The van der Waals surface area contributed by atoms with Crippen LogP contribution in [0.3, 0.4) is 0 Å². The monoisotopic (exact) mass is 393 g/mol. The van der Waals surface area contributed by atoms with E-state index in [4.69, 9.17) is 4.98 Å². The molecule has 1 unspecified atom stereocenters. The smallest absolute Gasteiger partial charge is 0.133 e. The van der Waals surface area contributed by atoms with Gasteiger partial charge in [0.1, 0.15) is 11.6 Å². The van der Waals surface area contributed by atoms with Crippen molar-refractivity contribution < 1.29 is 0 Å². The summed E-state index contributed by atoms with van der Waals surface area (Å²) in [5, 5.41) is 0. The van der Waals surface area contributed by atoms with E-state index >= 15 is 0 Å². The van der Waals surface area contributed by atoms with E-state index in [2.05, 4.69) is 77.7 Å². The molecule has 1 atom stereocenters. The molecule has 4 rings (SSSR count). The van der Waals surface area contributed by atoms with Gasteiger partial charge in [-0.2, -0.15) is 0 Å². The van der Waals surface area contributed by atoms with Crippen molar-refractivity contribution in [2.45, 2.75) is 52.5 Å². The molecule has 156 valence electrons. The number of hydrogen-bond acceptors (Lipinski definition) is 5. The summed E-state index contributed by atoms with van der Waals surface area (Å²) in [7, 11) is 0. The van der Waals surface area contributed by atoms with Crippen LogP contribution in [-0.2, 0) is 0 Å². The average Bonchev–Trinajstić information content (AvgIpc) is 2.74. The highest BCUT2D eigenvalue weighted by Crippen LogP contribution is 2.26. The first kappa shape index (κ1) is 20.1. The van der Waals surface area contributed by atoms with E-state index in [9.17, 15) is 0 Å². The quantitative estimate of drug-likeness (QED) is 0.784. The second kappa shape index (κ2) is 8.70. The summed E-state index contributed by atoms with van der Waals surface area (Å²) >= 11 is 0. The van der Waals surface area contributed by atoms with Crippen molar-refractivity contribution in [1.29, 1.82) is 0 Å². The lowest BCUT2D eigenvalue weighted by atomic mass is 10.0. The number of piperidine rings is 1. The summed E-state index contributed by atoms with van der Waals surface area (Å²) in [5.41, 5.74) is 3.85. The van der Waals surface area contributed by atoms with Crippen LogP contribution >= 0.6 is 0 Å². The first-order valence-corrected chi connectivity index (χ1v) is 11.2. The minimum absolute atomic E-state index is 0.365. The highest BCUT2D eigenvalue weighted by atomic mass is 15.3. The maximum absolute atomic E-state index is 4.89. The molecule has 29 heavy (non-hydrogen) atoms. The van der Waals surface area contributed by atoms with Crippen molar-refractivity contribution in [3.8, 4) is 0 Å². The number of anilines is 2. The van der Waals surface area contributed by atoms with E-state index < -0.39 is 0 Å². The predicted molar refractivity (Wildman–Crippen MR) is 121 cm³/mol. The summed E-state index contributed by atoms with van der Waals surface area (Å²) in [5.74, 6) is 2.45. The third-order valence-corrected chi connectivity index (χ3v) is 6.38. The Morgan fingerprint density at radius 3 is 2.41 bits per heavy atom. The van der Waals surface area contributed by atoms with Gasteiger partial charge in [0.05, 0.1) is 0 Å². The van der Waals surface area contributed by atoms with Gasteiger partial charge in [-0.3, -0.25) is 4.90 Å². The third-order valence-electron chi connectivity index (χ3n) is 6.38. The molecule has 1 aromatic carbocycles. The van der Waals surface area contributed by atoms with E-state index in [0.29, 0.717) is 12.0 Å². The van der Waals surface area contributed by atoms with Crippen LogP contribution in [0, 0.1) is 13.8 Å². The lowest BCUT2D eigenvalue weighted by Gasteiger charge is -2.44. The molecule has 1 aromatic heterocycles. The molecule has 0 aliphatic carbocycles. The highest BCUT2D eigenvalue weighted by Gasteiger charge is 2.29. The minimum Gasteiger partial charge on any atom is -0.369 e. The zero-order valence-electron chi connectivity index (χ0n) is 18.4. The summed E-state index contributed by atoms with van der Waals surface area (Å²) < 4.78 is 0. The van der Waals surface area contributed by atoms with Gasteiger partial charge in [0.25, 0.3) is 0 Å². The second-order valence-corrected chi connectivity index (χ2v) is 8.93. The van der Waals surface area contributed by atoms with Gasteiger partial charge >= 0.3 is 0 Å². The van der Waals surface area contributed by atoms with Crippen LogP contribution in [-0.4, -0.2) is 60.2 Å². The Morgan fingerprint density at radius 1 is 0.931 bits per heavy atom. The molecule has 3 heterocycles. The van der Waals surface area contributed by atoms with Crippen LogP contribution < -0.4 is 9.80 Å². The Labute approximate surface area is 175 Å². The fourth-order valence-corrected chi connectivity index (χ4v) is 4.70. The van der Waals surface area contributed by atoms with Gasteiger partial charge in [-0.25, -0.2) is 9.97 Å². The van der Waals surface area contributed by atoms with Gasteiger partial charge in [-0.15, -0.1) is 0 Å². The highest BCUT2D eigenvalue weighted by molar-refractivity contribution is 5.53. The molecule has 0 bridgehead atoms. The molecule has 0 radical (unpaired) electrons. The number of rotatable bonds is 4. The predicted octanol–water partition coefficient (Wildman–Crippen LogP) is 4.01. The normalized spacial score (nSPS) is 21.1. The van der Waals surface area contributed by atoms with E-state index in [0.717, 1.165) is 56.6 Å². The molecule has 5 nitrogen and oxygen atoms in total. The largest absolute Gasteiger partial charge is 0.369 e. The molecule has 5 heteroatoms. The SMILES string of the molecule is Cc1cc(N2CCCC(N3CCN(c4ccccc4C)CC3)C2)nc(C(C)C)n1. The van der Waals surface area contributed by atoms with Crippen molar-refractivity contribution in [3.63, 3.8) is 0 Å². The molecule has 2 aliphatic heterocycles. The summed E-state index contributed by atoms with van der Waals surface area (Å²) in [6.45, 7) is 15.4. The molecule has 2 aromatic rings. The molecule has 0 amide bonds. The molecule has 0 saturated carbocycles. The van der Waals surface area contributed by atoms with Gasteiger partial charge in [0.15, 0.2) is 0 Å². The minimum atomic E-state index is 0.365. The summed E-state index contributed by atoms with van der Waals surface area (Å²) in [6.07, 6.45) is 2.53. The number of aromatic nitrogens is 2. The number of piperazine rings is 1. The third kappa shape index (κ3) is 4.55. The standard InChI is InChI=1S/C24H35N5/c1-18(2)24-25-20(4)16-23(26-24)29-11-7-9-21(17-29)27-12-14-28(15-13-27)22-10-6-5-8-19(22)3/h5-6,8,10,16,18,21H,7,9,11-15,17H2,1-4H3. The van der Waals surface area contributed by atoms with Gasteiger partial charge in [-0.1, -0.05) is 32.0 Å². The van der Waals surface area contributed by atoms with Crippen molar-refractivity contribution in [2.24, 2.45) is 0 Å². The Bertz CT molecular complexity index is 826. The molecule has 0 spiro atoms. The second-order valence-electron chi connectivity index (χ2n) is 8.93. The van der Waals surface area contributed by atoms with Crippen LogP contribution in [0.15, 0.2) is 30.3 Å². The maximum atomic E-state index is 4.89. The average molecular weight is 394 g/mol. The number of benzene rings is 1. The molecule has 2 aliphatic rings. The maximum Gasteiger partial charge on any atom is 0.133 e. The van der Waals surface area contributed by atoms with E-state index in [1.807, 2.05) is 0 Å². The Balaban J connectivity index is 1.40. The first-order chi connectivity index (χ1) is 14.0. The molecule has 2 fully saturated rings. The summed E-state index contributed by atoms with van der Waals surface area (Å²) in [6, 6.07) is 11.5. The van der Waals surface area contributed by atoms with Crippen molar-refractivity contribution >= 4 is 11.5 Å². The van der Waals surface area contributed by atoms with Crippen molar-refractivity contribution in [1.82, 2.24) is 14.9 Å². The van der Waals surface area contributed by atoms with Gasteiger partial charge in [-0.05, 0) is 38.3 Å². The van der Waals surface area contributed by atoms with E-state index in [1.54, 1.807) is 0 Å². The lowest BCUT2D eigenvalue weighted by Crippen LogP contribution is -2.55. The van der Waals surface area contributed by atoms with Crippen LogP contribution in [0.2, 0.25) is 0 Å². The summed E-state index contributed by atoms with van der Waals surface area (Å²) in [4.78, 5) is 17.3. The van der Waals surface area contributed by atoms with E-state index in [1.165, 1.54) is 24.1 Å². The lowest BCUT2D eigenvalue weighted by molar-refractivity contribution is 0.166.